The molecule has 0 aliphatic carbocycles. The molecular weight excluding hydrogens is 380 g/mol. The van der Waals surface area contributed by atoms with Crippen molar-refractivity contribution in [3.05, 3.63) is 54.1 Å². The molecule has 0 aromatic heterocycles. The highest BCUT2D eigenvalue weighted by molar-refractivity contribution is 5.67. The van der Waals surface area contributed by atoms with Gasteiger partial charge in [0.2, 0.25) is 0 Å². The number of anilines is 1. The van der Waals surface area contributed by atoms with Crippen LogP contribution in [0.5, 0.6) is 11.5 Å². The van der Waals surface area contributed by atoms with Crippen LogP contribution >= 0.6 is 0 Å². The number of hydrogen-bond donors (Lipinski definition) is 1. The van der Waals surface area contributed by atoms with E-state index < -0.39 is 0 Å². The van der Waals surface area contributed by atoms with E-state index in [2.05, 4.69) is 28.4 Å². The zero-order chi connectivity index (χ0) is 21.4. The number of alkyl carbamates (subject to hydrolysis) is 1. The molecule has 2 aromatic carbocycles. The van der Waals surface area contributed by atoms with Crippen molar-refractivity contribution in [2.45, 2.75) is 31.6 Å². The van der Waals surface area contributed by atoms with Crippen molar-refractivity contribution in [2.75, 3.05) is 45.4 Å². The van der Waals surface area contributed by atoms with Gasteiger partial charge in [-0.05, 0) is 56.0 Å². The van der Waals surface area contributed by atoms with Gasteiger partial charge in [0.1, 0.15) is 11.5 Å². The van der Waals surface area contributed by atoms with Crippen LogP contribution in [-0.2, 0) is 10.2 Å². The number of nitrogens with zero attached hydrogens (tertiary/aromatic N) is 1. The van der Waals surface area contributed by atoms with Crippen LogP contribution in [0.2, 0.25) is 0 Å². The number of amides is 1. The van der Waals surface area contributed by atoms with Crippen molar-refractivity contribution < 1.29 is 19.0 Å². The Morgan fingerprint density at radius 3 is 2.67 bits per heavy atom. The van der Waals surface area contributed by atoms with Crippen LogP contribution in [0.15, 0.2) is 48.5 Å². The van der Waals surface area contributed by atoms with Gasteiger partial charge in [-0.15, -0.1) is 0 Å². The summed E-state index contributed by atoms with van der Waals surface area (Å²) in [6, 6.07) is 16.3. The molecule has 1 N–H and O–H groups in total. The van der Waals surface area contributed by atoms with Crippen LogP contribution in [0.25, 0.3) is 0 Å². The minimum Gasteiger partial charge on any atom is -0.497 e. The number of ether oxygens (including phenoxy) is 3. The number of nitrogens with one attached hydrogen (secondary N) is 1. The maximum atomic E-state index is 12.1. The Morgan fingerprint density at radius 2 is 1.90 bits per heavy atom. The van der Waals surface area contributed by atoms with E-state index in [4.69, 9.17) is 14.2 Å². The van der Waals surface area contributed by atoms with Gasteiger partial charge in [0, 0.05) is 25.0 Å². The van der Waals surface area contributed by atoms with Crippen LogP contribution in [0, 0.1) is 0 Å². The SMILES string of the molecule is CCOC(=O)NCC1(c2cccc(OC)c2)CCCN(c2ccccc2OC)CC1. The first kappa shape index (κ1) is 21.8. The van der Waals surface area contributed by atoms with Gasteiger partial charge < -0.3 is 24.4 Å². The normalized spacial score (nSPS) is 19.0. The lowest BCUT2D eigenvalue weighted by atomic mass is 9.74. The fourth-order valence-electron chi connectivity index (χ4n) is 4.27. The van der Waals surface area contributed by atoms with E-state index in [-0.39, 0.29) is 11.5 Å². The average Bonchev–Trinajstić information content (AvgIpc) is 3.01. The summed E-state index contributed by atoms with van der Waals surface area (Å²) in [4.78, 5) is 14.4. The lowest BCUT2D eigenvalue weighted by Crippen LogP contribution is -2.42. The maximum absolute atomic E-state index is 12.1. The number of para-hydroxylation sites is 2. The molecule has 162 valence electrons. The summed E-state index contributed by atoms with van der Waals surface area (Å²) < 4.78 is 16.2. The fourth-order valence-corrected chi connectivity index (χ4v) is 4.27. The fraction of sp³-hybridized carbons (Fsp3) is 0.458. The van der Waals surface area contributed by atoms with E-state index in [0.29, 0.717) is 13.2 Å². The number of rotatable bonds is 7. The molecule has 1 aliphatic rings. The van der Waals surface area contributed by atoms with Gasteiger partial charge in [0.15, 0.2) is 0 Å². The lowest BCUT2D eigenvalue weighted by Gasteiger charge is -2.34. The molecule has 3 rings (SSSR count). The molecule has 1 amide bonds. The van der Waals surface area contributed by atoms with Crippen LogP contribution in [0.1, 0.15) is 31.7 Å². The highest BCUT2D eigenvalue weighted by Crippen LogP contribution is 2.39. The second-order valence-corrected chi connectivity index (χ2v) is 7.60. The molecule has 6 nitrogen and oxygen atoms in total. The minimum atomic E-state index is -0.370. The van der Waals surface area contributed by atoms with Gasteiger partial charge in [-0.3, -0.25) is 0 Å². The molecule has 30 heavy (non-hydrogen) atoms. The quantitative estimate of drug-likeness (QED) is 0.731. The van der Waals surface area contributed by atoms with E-state index in [9.17, 15) is 4.79 Å². The summed E-state index contributed by atoms with van der Waals surface area (Å²) in [5, 5.41) is 2.99. The molecule has 1 unspecified atom stereocenters. The number of carbonyl (C=O) groups excluding carboxylic acids is 1. The van der Waals surface area contributed by atoms with Crippen molar-refractivity contribution in [3.8, 4) is 11.5 Å². The molecule has 0 saturated carbocycles. The molecule has 1 fully saturated rings. The average molecular weight is 413 g/mol. The molecule has 0 radical (unpaired) electrons. The highest BCUT2D eigenvalue weighted by Gasteiger charge is 2.35. The Balaban J connectivity index is 1.87. The molecule has 6 heteroatoms. The van der Waals surface area contributed by atoms with Crippen molar-refractivity contribution in [1.29, 1.82) is 0 Å². The smallest absolute Gasteiger partial charge is 0.407 e. The first-order valence-corrected chi connectivity index (χ1v) is 10.5. The molecule has 1 atom stereocenters. The second-order valence-electron chi connectivity index (χ2n) is 7.60. The lowest BCUT2D eigenvalue weighted by molar-refractivity contribution is 0.148. The Morgan fingerprint density at radius 1 is 1.07 bits per heavy atom. The molecule has 1 heterocycles. The van der Waals surface area contributed by atoms with Crippen molar-refractivity contribution >= 4 is 11.8 Å². The van der Waals surface area contributed by atoms with Gasteiger partial charge in [-0.2, -0.15) is 0 Å². The number of hydrogen-bond acceptors (Lipinski definition) is 5. The van der Waals surface area contributed by atoms with E-state index in [1.165, 1.54) is 5.56 Å². The Hall–Kier alpha value is -2.89. The van der Waals surface area contributed by atoms with Gasteiger partial charge in [0.05, 0.1) is 26.5 Å². The second kappa shape index (κ2) is 10.2. The largest absolute Gasteiger partial charge is 0.497 e. The summed E-state index contributed by atoms with van der Waals surface area (Å²) in [5.74, 6) is 1.71. The Labute approximate surface area is 179 Å². The summed E-state index contributed by atoms with van der Waals surface area (Å²) in [5.41, 5.74) is 2.10. The summed E-state index contributed by atoms with van der Waals surface area (Å²) in [6.45, 7) is 4.50. The maximum Gasteiger partial charge on any atom is 0.407 e. The predicted octanol–water partition coefficient (Wildman–Crippen LogP) is 4.38. The first-order valence-electron chi connectivity index (χ1n) is 10.5. The molecule has 0 bridgehead atoms. The van der Waals surface area contributed by atoms with Crippen LogP contribution in [-0.4, -0.2) is 46.6 Å². The standard InChI is InChI=1S/C24H32N2O4/c1-4-30-23(27)25-18-24(19-9-7-10-20(17-19)28-2)13-8-15-26(16-14-24)21-11-5-6-12-22(21)29-3/h5-7,9-12,17H,4,8,13-16,18H2,1-3H3,(H,25,27). The Kier molecular flexibility index (Phi) is 7.44. The molecule has 0 spiro atoms. The van der Waals surface area contributed by atoms with Gasteiger partial charge in [0.25, 0.3) is 0 Å². The van der Waals surface area contributed by atoms with E-state index in [1.807, 2.05) is 37.3 Å². The summed E-state index contributed by atoms with van der Waals surface area (Å²) in [7, 11) is 3.39. The monoisotopic (exact) mass is 412 g/mol. The van der Waals surface area contributed by atoms with Gasteiger partial charge in [-0.25, -0.2) is 4.79 Å². The first-order chi connectivity index (χ1) is 14.6. The molecule has 1 aliphatic heterocycles. The predicted molar refractivity (Wildman–Crippen MR) is 119 cm³/mol. The Bertz CT molecular complexity index is 841. The number of methoxy groups -OCH3 is 2. The third kappa shape index (κ3) is 4.99. The van der Waals surface area contributed by atoms with E-state index >= 15 is 0 Å². The van der Waals surface area contributed by atoms with Crippen LogP contribution < -0.4 is 19.7 Å². The summed E-state index contributed by atoms with van der Waals surface area (Å²) in [6.07, 6.45) is 2.48. The number of carbonyl (C=O) groups is 1. The highest BCUT2D eigenvalue weighted by atomic mass is 16.5. The van der Waals surface area contributed by atoms with E-state index in [1.54, 1.807) is 14.2 Å². The van der Waals surface area contributed by atoms with Crippen molar-refractivity contribution in [1.82, 2.24) is 5.32 Å². The topological polar surface area (TPSA) is 60.0 Å². The van der Waals surface area contributed by atoms with Crippen molar-refractivity contribution in [3.63, 3.8) is 0 Å². The zero-order valence-electron chi connectivity index (χ0n) is 18.1. The van der Waals surface area contributed by atoms with Gasteiger partial charge >= 0.3 is 6.09 Å². The van der Waals surface area contributed by atoms with Crippen LogP contribution in [0.4, 0.5) is 10.5 Å². The minimum absolute atomic E-state index is 0.196. The molecule has 2 aromatic rings. The third-order valence-electron chi connectivity index (χ3n) is 5.90. The van der Waals surface area contributed by atoms with Crippen molar-refractivity contribution in [2.24, 2.45) is 0 Å². The molecule has 1 saturated heterocycles. The number of benzene rings is 2. The van der Waals surface area contributed by atoms with Crippen LogP contribution in [0.3, 0.4) is 0 Å². The molecular formula is C24H32N2O4. The van der Waals surface area contributed by atoms with Gasteiger partial charge in [-0.1, -0.05) is 24.3 Å². The third-order valence-corrected chi connectivity index (χ3v) is 5.90. The zero-order valence-corrected chi connectivity index (χ0v) is 18.1. The summed E-state index contributed by atoms with van der Waals surface area (Å²) >= 11 is 0. The van der Waals surface area contributed by atoms with E-state index in [0.717, 1.165) is 49.5 Å².